The first-order chi connectivity index (χ1) is 9.97. The molecule has 7 heteroatoms. The molecule has 1 aromatic rings. The average Bonchev–Trinajstić information content (AvgIpc) is 2.44. The van der Waals surface area contributed by atoms with E-state index >= 15 is 0 Å². The van der Waals surface area contributed by atoms with Crippen LogP contribution >= 0.6 is 0 Å². The summed E-state index contributed by atoms with van der Waals surface area (Å²) in [5.74, 6) is -2.64. The summed E-state index contributed by atoms with van der Waals surface area (Å²) in [7, 11) is 1.52. The van der Waals surface area contributed by atoms with Crippen LogP contribution in [0.25, 0.3) is 0 Å². The van der Waals surface area contributed by atoms with E-state index in [1.807, 2.05) is 0 Å². The molecule has 0 saturated heterocycles. The molecule has 2 atom stereocenters. The summed E-state index contributed by atoms with van der Waals surface area (Å²) < 4.78 is 42.0. The molecule has 0 aliphatic rings. The van der Waals surface area contributed by atoms with Gasteiger partial charge in [-0.3, -0.25) is 4.79 Å². The van der Waals surface area contributed by atoms with Gasteiger partial charge in [0.05, 0.1) is 19.3 Å². The minimum Gasteiger partial charge on any atom is -0.485 e. The summed E-state index contributed by atoms with van der Waals surface area (Å²) >= 11 is 0. The Balaban J connectivity index is 2.49. The van der Waals surface area contributed by atoms with Gasteiger partial charge in [-0.1, -0.05) is 0 Å². The lowest BCUT2D eigenvalue weighted by Gasteiger charge is -2.16. The molecule has 2 unspecified atom stereocenters. The summed E-state index contributed by atoms with van der Waals surface area (Å²) in [5.41, 5.74) is -0.130. The monoisotopic (exact) mass is 304 g/mol. The zero-order chi connectivity index (χ0) is 15.8. The fraction of sp³-hybridized carbons (Fsp3) is 0.500. The fourth-order valence-corrected chi connectivity index (χ4v) is 1.57. The summed E-state index contributed by atoms with van der Waals surface area (Å²) in [4.78, 5) is 10.4. The Morgan fingerprint density at radius 3 is 2.38 bits per heavy atom. The highest BCUT2D eigenvalue weighted by Crippen LogP contribution is 2.22. The predicted octanol–water partition coefficient (Wildman–Crippen LogP) is 1.57. The van der Waals surface area contributed by atoms with E-state index in [2.05, 4.69) is 0 Å². The summed E-state index contributed by atoms with van der Waals surface area (Å²) in [6, 6.07) is 1.71. The fourth-order valence-electron chi connectivity index (χ4n) is 1.57. The molecule has 0 fully saturated rings. The van der Waals surface area contributed by atoms with Gasteiger partial charge in [-0.25, -0.2) is 8.78 Å². The van der Waals surface area contributed by atoms with Gasteiger partial charge < -0.3 is 19.3 Å². The first-order valence-electron chi connectivity index (χ1n) is 6.33. The van der Waals surface area contributed by atoms with Crippen LogP contribution < -0.4 is 4.74 Å². The van der Waals surface area contributed by atoms with E-state index in [1.54, 1.807) is 6.92 Å². The maximum atomic E-state index is 13.5. The number of hydrogen-bond donors (Lipinski definition) is 1. The molecule has 21 heavy (non-hydrogen) atoms. The second-order valence-corrected chi connectivity index (χ2v) is 4.50. The van der Waals surface area contributed by atoms with Gasteiger partial charge in [-0.15, -0.1) is 0 Å². The van der Waals surface area contributed by atoms with Gasteiger partial charge in [0, 0.05) is 12.7 Å². The Hall–Kier alpha value is -1.57. The number of aliphatic hydroxyl groups is 1. The molecule has 1 rings (SSSR count). The van der Waals surface area contributed by atoms with Crippen molar-refractivity contribution in [3.8, 4) is 5.75 Å². The molecular weight excluding hydrogens is 286 g/mol. The van der Waals surface area contributed by atoms with E-state index in [4.69, 9.17) is 14.2 Å². The van der Waals surface area contributed by atoms with Gasteiger partial charge in [-0.2, -0.15) is 0 Å². The Kier molecular flexibility index (Phi) is 7.21. The van der Waals surface area contributed by atoms with Gasteiger partial charge in [-0.05, 0) is 19.1 Å². The normalized spacial score (nSPS) is 13.8. The van der Waals surface area contributed by atoms with Crippen LogP contribution in [-0.2, 0) is 9.47 Å². The van der Waals surface area contributed by atoms with E-state index in [0.717, 1.165) is 12.1 Å². The molecule has 118 valence electrons. The van der Waals surface area contributed by atoms with Gasteiger partial charge in [0.2, 0.25) is 0 Å². The number of methoxy groups -OCH3 is 1. The minimum atomic E-state index is -1.05. The van der Waals surface area contributed by atoms with E-state index in [-0.39, 0.29) is 24.9 Å². The van der Waals surface area contributed by atoms with Gasteiger partial charge in [0.15, 0.2) is 17.4 Å². The number of carbonyl (C=O) groups excluding carboxylic acids is 1. The lowest BCUT2D eigenvalue weighted by atomic mass is 10.2. The topological polar surface area (TPSA) is 65.0 Å². The highest BCUT2D eigenvalue weighted by Gasteiger charge is 2.15. The van der Waals surface area contributed by atoms with Crippen molar-refractivity contribution in [2.45, 2.75) is 19.1 Å². The summed E-state index contributed by atoms with van der Waals surface area (Å²) in [6.07, 6.45) is -0.936. The first-order valence-corrected chi connectivity index (χ1v) is 6.33. The van der Waals surface area contributed by atoms with Crippen molar-refractivity contribution in [3.05, 3.63) is 29.3 Å². The number of ether oxygens (including phenoxy) is 3. The number of aldehydes is 1. The van der Waals surface area contributed by atoms with Crippen molar-refractivity contribution in [3.63, 3.8) is 0 Å². The van der Waals surface area contributed by atoms with Crippen LogP contribution in [0.15, 0.2) is 12.1 Å². The van der Waals surface area contributed by atoms with Crippen molar-refractivity contribution in [1.82, 2.24) is 0 Å². The highest BCUT2D eigenvalue weighted by molar-refractivity contribution is 5.75. The van der Waals surface area contributed by atoms with Crippen LogP contribution in [0.3, 0.4) is 0 Å². The van der Waals surface area contributed by atoms with Crippen molar-refractivity contribution >= 4 is 6.29 Å². The number of carbonyl (C=O) groups is 1. The third-order valence-electron chi connectivity index (χ3n) is 2.55. The SMILES string of the molecule is COCC(C)OCC(O)COc1c(F)cc(C=O)cc1F. The van der Waals surface area contributed by atoms with Gasteiger partial charge in [0.1, 0.15) is 19.0 Å². The van der Waals surface area contributed by atoms with Crippen molar-refractivity contribution in [2.75, 3.05) is 26.9 Å². The quantitative estimate of drug-likeness (QED) is 0.702. The van der Waals surface area contributed by atoms with Crippen LogP contribution in [0.1, 0.15) is 17.3 Å². The van der Waals surface area contributed by atoms with Crippen molar-refractivity contribution < 1.29 is 32.9 Å². The second kappa shape index (κ2) is 8.66. The van der Waals surface area contributed by atoms with Crippen LogP contribution in [0.2, 0.25) is 0 Å². The van der Waals surface area contributed by atoms with E-state index in [0.29, 0.717) is 12.9 Å². The molecule has 0 aliphatic heterocycles. The molecule has 0 aliphatic carbocycles. The zero-order valence-electron chi connectivity index (χ0n) is 11.8. The number of rotatable bonds is 9. The van der Waals surface area contributed by atoms with Crippen molar-refractivity contribution in [1.29, 1.82) is 0 Å². The highest BCUT2D eigenvalue weighted by atomic mass is 19.1. The zero-order valence-corrected chi connectivity index (χ0v) is 11.8. The largest absolute Gasteiger partial charge is 0.485 e. The number of halogens is 2. The molecule has 0 amide bonds. The molecule has 0 saturated carbocycles. The molecular formula is C14H18F2O5. The van der Waals surface area contributed by atoms with Gasteiger partial charge in [0.25, 0.3) is 0 Å². The maximum Gasteiger partial charge on any atom is 0.190 e. The second-order valence-electron chi connectivity index (χ2n) is 4.50. The van der Waals surface area contributed by atoms with E-state index < -0.39 is 23.5 Å². The molecule has 1 N–H and O–H groups in total. The number of hydrogen-bond acceptors (Lipinski definition) is 5. The molecule has 5 nitrogen and oxygen atoms in total. The van der Waals surface area contributed by atoms with Crippen LogP contribution in [0, 0.1) is 11.6 Å². The molecule has 1 aromatic carbocycles. The molecule has 0 heterocycles. The third kappa shape index (κ3) is 5.74. The third-order valence-corrected chi connectivity index (χ3v) is 2.55. The Morgan fingerprint density at radius 1 is 1.24 bits per heavy atom. The predicted molar refractivity (Wildman–Crippen MR) is 70.5 cm³/mol. The smallest absolute Gasteiger partial charge is 0.190 e. The molecule has 0 bridgehead atoms. The summed E-state index contributed by atoms with van der Waals surface area (Å²) in [5, 5.41) is 9.62. The number of benzene rings is 1. The maximum absolute atomic E-state index is 13.5. The summed E-state index contributed by atoms with van der Waals surface area (Å²) in [6.45, 7) is 1.73. The van der Waals surface area contributed by atoms with E-state index in [1.165, 1.54) is 7.11 Å². The molecule has 0 aromatic heterocycles. The standard InChI is InChI=1S/C14H18F2O5/c1-9(6-19-2)20-7-11(18)8-21-14-12(15)3-10(5-17)4-13(14)16/h3-5,9,11,18H,6-8H2,1-2H3. The van der Waals surface area contributed by atoms with E-state index in [9.17, 15) is 18.7 Å². The lowest BCUT2D eigenvalue weighted by molar-refractivity contribution is -0.0428. The number of aliphatic hydroxyl groups excluding tert-OH is 1. The van der Waals surface area contributed by atoms with Gasteiger partial charge >= 0.3 is 0 Å². The van der Waals surface area contributed by atoms with Crippen LogP contribution in [-0.4, -0.2) is 50.5 Å². The average molecular weight is 304 g/mol. The minimum absolute atomic E-state index is 0.0554. The first kappa shape index (κ1) is 17.5. The van der Waals surface area contributed by atoms with Crippen molar-refractivity contribution in [2.24, 2.45) is 0 Å². The van der Waals surface area contributed by atoms with Crippen LogP contribution in [0.5, 0.6) is 5.75 Å². The lowest BCUT2D eigenvalue weighted by Crippen LogP contribution is -2.27. The molecule has 0 radical (unpaired) electrons. The Bertz CT molecular complexity index is 444. The van der Waals surface area contributed by atoms with Crippen LogP contribution in [0.4, 0.5) is 8.78 Å². The Labute approximate surface area is 121 Å². The Morgan fingerprint density at radius 2 is 1.86 bits per heavy atom. The molecule has 0 spiro atoms.